The van der Waals surface area contributed by atoms with E-state index in [0.717, 1.165) is 12.3 Å². The molecular weight excluding hydrogens is 196 g/mol. The fourth-order valence-electron chi connectivity index (χ4n) is 2.81. The van der Waals surface area contributed by atoms with E-state index in [0.29, 0.717) is 6.04 Å². The van der Waals surface area contributed by atoms with E-state index in [9.17, 15) is 0 Å². The first-order valence-corrected chi connectivity index (χ1v) is 6.46. The van der Waals surface area contributed by atoms with E-state index in [2.05, 4.69) is 29.5 Å². The molecule has 2 heteroatoms. The molecule has 0 amide bonds. The fraction of sp³-hybridized carbons (Fsp3) is 0.643. The Labute approximate surface area is 98.5 Å². The van der Waals surface area contributed by atoms with Crippen LogP contribution in [0, 0.1) is 5.92 Å². The minimum absolute atomic E-state index is 0.641. The van der Waals surface area contributed by atoms with Crippen molar-refractivity contribution >= 4 is 0 Å². The van der Waals surface area contributed by atoms with Crippen LogP contribution < -0.4 is 5.32 Å². The van der Waals surface area contributed by atoms with E-state index >= 15 is 0 Å². The van der Waals surface area contributed by atoms with Gasteiger partial charge in [0.2, 0.25) is 0 Å². The highest BCUT2D eigenvalue weighted by Gasteiger charge is 2.22. The minimum atomic E-state index is 0.641. The van der Waals surface area contributed by atoms with Gasteiger partial charge in [0.1, 0.15) is 0 Å². The van der Waals surface area contributed by atoms with E-state index in [1.165, 1.54) is 37.7 Å². The molecule has 0 spiro atoms. The van der Waals surface area contributed by atoms with E-state index in [1.54, 1.807) is 0 Å². The smallest absolute Gasteiger partial charge is 0.0270 e. The predicted octanol–water partition coefficient (Wildman–Crippen LogP) is 2.79. The molecule has 0 aromatic carbocycles. The minimum Gasteiger partial charge on any atom is -0.316 e. The Bertz CT molecular complexity index is 291. The van der Waals surface area contributed by atoms with Crippen LogP contribution in [0.5, 0.6) is 0 Å². The largest absolute Gasteiger partial charge is 0.316 e. The lowest BCUT2D eigenvalue weighted by atomic mass is 9.82. The molecule has 1 N–H and O–H groups in total. The molecule has 2 rings (SSSR count). The quantitative estimate of drug-likeness (QED) is 0.840. The summed E-state index contributed by atoms with van der Waals surface area (Å²) in [7, 11) is 2.10. The van der Waals surface area contributed by atoms with Crippen LogP contribution in [0.1, 0.15) is 37.7 Å². The highest BCUT2D eigenvalue weighted by Crippen LogP contribution is 2.27. The first kappa shape index (κ1) is 11.6. The summed E-state index contributed by atoms with van der Waals surface area (Å²) in [5, 5.41) is 3.50. The maximum atomic E-state index is 4.07. The fourth-order valence-corrected chi connectivity index (χ4v) is 2.81. The SMILES string of the molecule is CNC(Cc1ccncc1)C1CCCCC1. The van der Waals surface area contributed by atoms with Crippen molar-refractivity contribution in [2.75, 3.05) is 7.05 Å². The molecule has 1 aromatic rings. The van der Waals surface area contributed by atoms with Crippen LogP contribution in [-0.2, 0) is 6.42 Å². The van der Waals surface area contributed by atoms with Gasteiger partial charge in [-0.1, -0.05) is 19.3 Å². The topological polar surface area (TPSA) is 24.9 Å². The van der Waals surface area contributed by atoms with E-state index < -0.39 is 0 Å². The number of hydrogen-bond acceptors (Lipinski definition) is 2. The van der Waals surface area contributed by atoms with Gasteiger partial charge in [0, 0.05) is 18.4 Å². The van der Waals surface area contributed by atoms with Gasteiger partial charge in [-0.3, -0.25) is 4.98 Å². The van der Waals surface area contributed by atoms with Crippen molar-refractivity contribution in [2.24, 2.45) is 5.92 Å². The third-order valence-electron chi connectivity index (χ3n) is 3.79. The third kappa shape index (κ3) is 3.05. The Kier molecular flexibility index (Phi) is 4.34. The van der Waals surface area contributed by atoms with Crippen molar-refractivity contribution < 1.29 is 0 Å². The maximum absolute atomic E-state index is 4.07. The number of rotatable bonds is 4. The number of pyridine rings is 1. The van der Waals surface area contributed by atoms with Crippen molar-refractivity contribution in [1.82, 2.24) is 10.3 Å². The second-order valence-electron chi connectivity index (χ2n) is 4.85. The zero-order valence-electron chi connectivity index (χ0n) is 10.2. The molecule has 1 saturated carbocycles. The highest BCUT2D eigenvalue weighted by molar-refractivity contribution is 5.11. The van der Waals surface area contributed by atoms with Gasteiger partial charge in [0.05, 0.1) is 0 Å². The summed E-state index contributed by atoms with van der Waals surface area (Å²) in [6, 6.07) is 4.91. The van der Waals surface area contributed by atoms with Gasteiger partial charge in [-0.05, 0) is 49.9 Å². The van der Waals surface area contributed by atoms with Crippen LogP contribution in [0.25, 0.3) is 0 Å². The standard InChI is InChI=1S/C14H22N2/c1-15-14(13-5-3-2-4-6-13)11-12-7-9-16-10-8-12/h7-10,13-15H,2-6,11H2,1H3. The molecule has 1 heterocycles. The molecular formula is C14H22N2. The Morgan fingerprint density at radius 3 is 2.56 bits per heavy atom. The molecule has 0 aliphatic heterocycles. The number of nitrogens with zero attached hydrogens (tertiary/aromatic N) is 1. The van der Waals surface area contributed by atoms with Crippen LogP contribution in [0.15, 0.2) is 24.5 Å². The van der Waals surface area contributed by atoms with E-state index in [1.807, 2.05) is 12.4 Å². The molecule has 0 radical (unpaired) electrons. The molecule has 1 aromatic heterocycles. The van der Waals surface area contributed by atoms with Crippen molar-refractivity contribution in [1.29, 1.82) is 0 Å². The van der Waals surface area contributed by atoms with Gasteiger partial charge >= 0.3 is 0 Å². The lowest BCUT2D eigenvalue weighted by molar-refractivity contribution is 0.276. The lowest BCUT2D eigenvalue weighted by Crippen LogP contribution is -2.36. The number of aromatic nitrogens is 1. The molecule has 1 aliphatic carbocycles. The number of hydrogen-bond donors (Lipinski definition) is 1. The van der Waals surface area contributed by atoms with Gasteiger partial charge in [0.15, 0.2) is 0 Å². The van der Waals surface area contributed by atoms with E-state index in [-0.39, 0.29) is 0 Å². The van der Waals surface area contributed by atoms with Crippen molar-refractivity contribution in [2.45, 2.75) is 44.6 Å². The Balaban J connectivity index is 1.94. The van der Waals surface area contributed by atoms with E-state index in [4.69, 9.17) is 0 Å². The summed E-state index contributed by atoms with van der Waals surface area (Å²) in [5.74, 6) is 0.868. The molecule has 1 unspecified atom stereocenters. The number of likely N-dealkylation sites (N-methyl/N-ethyl adjacent to an activating group) is 1. The molecule has 1 atom stereocenters. The lowest BCUT2D eigenvalue weighted by Gasteiger charge is -2.30. The second kappa shape index (κ2) is 6.00. The first-order valence-electron chi connectivity index (χ1n) is 6.46. The Morgan fingerprint density at radius 2 is 1.94 bits per heavy atom. The average Bonchev–Trinajstić information content (AvgIpc) is 2.38. The molecule has 16 heavy (non-hydrogen) atoms. The summed E-state index contributed by atoms with van der Waals surface area (Å²) < 4.78 is 0. The van der Waals surface area contributed by atoms with Gasteiger partial charge in [-0.2, -0.15) is 0 Å². The third-order valence-corrected chi connectivity index (χ3v) is 3.79. The molecule has 2 nitrogen and oxygen atoms in total. The molecule has 0 saturated heterocycles. The Hall–Kier alpha value is -0.890. The predicted molar refractivity (Wildman–Crippen MR) is 67.4 cm³/mol. The summed E-state index contributed by atoms with van der Waals surface area (Å²) in [4.78, 5) is 4.07. The summed E-state index contributed by atoms with van der Waals surface area (Å²) in [5.41, 5.74) is 1.40. The first-order chi connectivity index (χ1) is 7.90. The molecule has 88 valence electrons. The number of nitrogens with one attached hydrogen (secondary N) is 1. The monoisotopic (exact) mass is 218 g/mol. The second-order valence-corrected chi connectivity index (χ2v) is 4.85. The Morgan fingerprint density at radius 1 is 1.25 bits per heavy atom. The molecule has 1 aliphatic rings. The van der Waals surface area contributed by atoms with Gasteiger partial charge in [0.25, 0.3) is 0 Å². The maximum Gasteiger partial charge on any atom is 0.0270 e. The van der Waals surface area contributed by atoms with Crippen molar-refractivity contribution in [3.8, 4) is 0 Å². The summed E-state index contributed by atoms with van der Waals surface area (Å²) in [6.45, 7) is 0. The van der Waals surface area contributed by atoms with Crippen LogP contribution >= 0.6 is 0 Å². The average molecular weight is 218 g/mol. The van der Waals surface area contributed by atoms with Crippen LogP contribution in [-0.4, -0.2) is 18.1 Å². The molecule has 1 fully saturated rings. The normalized spacial score (nSPS) is 19.6. The van der Waals surface area contributed by atoms with Gasteiger partial charge in [-0.15, -0.1) is 0 Å². The van der Waals surface area contributed by atoms with Gasteiger partial charge in [-0.25, -0.2) is 0 Å². The van der Waals surface area contributed by atoms with Gasteiger partial charge < -0.3 is 5.32 Å². The zero-order valence-corrected chi connectivity index (χ0v) is 10.2. The van der Waals surface area contributed by atoms with Crippen molar-refractivity contribution in [3.63, 3.8) is 0 Å². The van der Waals surface area contributed by atoms with Crippen LogP contribution in [0.4, 0.5) is 0 Å². The zero-order chi connectivity index (χ0) is 11.2. The van der Waals surface area contributed by atoms with Crippen LogP contribution in [0.2, 0.25) is 0 Å². The molecule has 0 bridgehead atoms. The van der Waals surface area contributed by atoms with Crippen LogP contribution in [0.3, 0.4) is 0 Å². The highest BCUT2D eigenvalue weighted by atomic mass is 14.9. The summed E-state index contributed by atoms with van der Waals surface area (Å²) >= 11 is 0. The summed E-state index contributed by atoms with van der Waals surface area (Å²) in [6.07, 6.45) is 12.0. The van der Waals surface area contributed by atoms with Crippen molar-refractivity contribution in [3.05, 3.63) is 30.1 Å².